The molecule has 0 radical (unpaired) electrons. The van der Waals surface area contributed by atoms with Crippen molar-refractivity contribution in [1.82, 2.24) is 14.9 Å². The van der Waals surface area contributed by atoms with Gasteiger partial charge in [0.05, 0.1) is 41.6 Å². The average Bonchev–Trinajstić information content (AvgIpc) is 3.40. The minimum atomic E-state index is -0.420. The molecular weight excluding hydrogens is 498 g/mol. The van der Waals surface area contributed by atoms with Crippen molar-refractivity contribution in [3.05, 3.63) is 111 Å². The Morgan fingerprint density at radius 2 is 1.82 bits per heavy atom. The molecule has 0 bridgehead atoms. The summed E-state index contributed by atoms with van der Waals surface area (Å²) in [6, 6.07) is 18.8. The van der Waals surface area contributed by atoms with Gasteiger partial charge in [-0.25, -0.2) is 0 Å². The van der Waals surface area contributed by atoms with E-state index in [1.54, 1.807) is 12.3 Å². The first kappa shape index (κ1) is 25.4. The summed E-state index contributed by atoms with van der Waals surface area (Å²) in [4.78, 5) is 17.8. The van der Waals surface area contributed by atoms with Crippen molar-refractivity contribution >= 4 is 28.7 Å². The van der Waals surface area contributed by atoms with E-state index in [9.17, 15) is 10.1 Å². The van der Waals surface area contributed by atoms with Crippen LogP contribution in [0.5, 0.6) is 5.75 Å². The van der Waals surface area contributed by atoms with Gasteiger partial charge in [0.2, 0.25) is 0 Å². The summed E-state index contributed by atoms with van der Waals surface area (Å²) in [5.74, 6) is 0.430. The minimum absolute atomic E-state index is 0.0187. The van der Waals surface area contributed by atoms with Gasteiger partial charge in [-0.05, 0) is 93.0 Å². The minimum Gasteiger partial charge on any atom is -0.494 e. The van der Waals surface area contributed by atoms with Gasteiger partial charge in [-0.3, -0.25) is 15.1 Å². The van der Waals surface area contributed by atoms with E-state index in [1.165, 1.54) is 30.4 Å². The second-order valence-electron chi connectivity index (χ2n) is 9.54. The number of nitro benzene ring substituents is 1. The van der Waals surface area contributed by atoms with E-state index >= 15 is 0 Å². The highest BCUT2D eigenvalue weighted by molar-refractivity contribution is 7.80. The lowest BCUT2D eigenvalue weighted by atomic mass is 9.96. The molecule has 1 aliphatic heterocycles. The zero-order chi connectivity index (χ0) is 27.1. The molecular formula is C29H29N5O3S. The molecule has 0 unspecified atom stereocenters. The molecule has 1 aliphatic rings. The normalized spacial score (nSPS) is 17.0. The molecule has 5 rings (SSSR count). The number of nitrogens with one attached hydrogen (secondary N) is 1. The molecule has 194 valence electrons. The number of ether oxygens (including phenoxy) is 1. The monoisotopic (exact) mass is 527 g/mol. The van der Waals surface area contributed by atoms with Gasteiger partial charge < -0.3 is 19.5 Å². The van der Waals surface area contributed by atoms with Crippen molar-refractivity contribution in [3.63, 3.8) is 0 Å². The number of nitro groups is 1. The van der Waals surface area contributed by atoms with Crippen LogP contribution in [0.2, 0.25) is 0 Å². The Balaban J connectivity index is 1.69. The van der Waals surface area contributed by atoms with E-state index < -0.39 is 4.92 Å². The summed E-state index contributed by atoms with van der Waals surface area (Å²) < 4.78 is 7.66. The smallest absolute Gasteiger partial charge is 0.273 e. The number of anilines is 1. The zero-order valence-corrected chi connectivity index (χ0v) is 22.7. The quantitative estimate of drug-likeness (QED) is 0.182. The fourth-order valence-electron chi connectivity index (χ4n) is 5.25. The lowest BCUT2D eigenvalue weighted by molar-refractivity contribution is -0.384. The van der Waals surface area contributed by atoms with Gasteiger partial charge in [0, 0.05) is 29.3 Å². The average molecular weight is 528 g/mol. The molecule has 2 atom stereocenters. The van der Waals surface area contributed by atoms with Crippen LogP contribution in [0.1, 0.15) is 45.9 Å². The molecule has 1 saturated heterocycles. The molecule has 0 amide bonds. The van der Waals surface area contributed by atoms with Gasteiger partial charge in [0.25, 0.3) is 5.69 Å². The molecule has 3 heterocycles. The van der Waals surface area contributed by atoms with Crippen molar-refractivity contribution in [3.8, 4) is 11.4 Å². The summed E-state index contributed by atoms with van der Waals surface area (Å²) in [7, 11) is 1.52. The van der Waals surface area contributed by atoms with Crippen molar-refractivity contribution in [2.45, 2.75) is 39.8 Å². The third kappa shape index (κ3) is 4.28. The largest absolute Gasteiger partial charge is 0.494 e. The van der Waals surface area contributed by atoms with Crippen molar-refractivity contribution in [1.29, 1.82) is 0 Å². The number of benzene rings is 2. The van der Waals surface area contributed by atoms with Crippen LogP contribution in [-0.4, -0.2) is 26.7 Å². The molecule has 0 spiro atoms. The number of non-ortho nitro benzene ring substituents is 1. The number of hydrogen-bond acceptors (Lipinski definition) is 5. The number of nitrogens with zero attached hydrogens (tertiary/aromatic N) is 4. The van der Waals surface area contributed by atoms with Crippen LogP contribution < -0.4 is 15.0 Å². The van der Waals surface area contributed by atoms with Crippen LogP contribution in [0.3, 0.4) is 0 Å². The van der Waals surface area contributed by atoms with Gasteiger partial charge >= 0.3 is 0 Å². The predicted octanol–water partition coefficient (Wildman–Crippen LogP) is 6.20. The van der Waals surface area contributed by atoms with E-state index in [0.29, 0.717) is 10.9 Å². The standard InChI is InChI=1S/C29H29N5O3S/c1-17-9-10-21(14-18(17)2)33-28(27(31-29(33)38)24-8-6-7-13-30-24)23-15-19(3)32(20(23)4)25-12-11-22(34(35)36)16-26(25)37-5/h6-16,27-28H,1-5H3,(H,31,38)/t27-,28-/m1/s1. The topological polar surface area (TPSA) is 85.5 Å². The summed E-state index contributed by atoms with van der Waals surface area (Å²) in [6.45, 7) is 8.27. The molecule has 0 aliphatic carbocycles. The van der Waals surface area contributed by atoms with Crippen molar-refractivity contribution < 1.29 is 9.66 Å². The molecule has 8 nitrogen and oxygen atoms in total. The number of pyridine rings is 1. The van der Waals surface area contributed by atoms with E-state index in [1.807, 2.05) is 25.1 Å². The third-order valence-corrected chi connectivity index (χ3v) is 7.59. The molecule has 4 aromatic rings. The van der Waals surface area contributed by atoms with Gasteiger partial charge in [0.1, 0.15) is 5.75 Å². The van der Waals surface area contributed by atoms with Crippen LogP contribution >= 0.6 is 12.2 Å². The lowest BCUT2D eigenvalue weighted by Crippen LogP contribution is -2.29. The van der Waals surface area contributed by atoms with Crippen LogP contribution in [0.4, 0.5) is 11.4 Å². The fourth-order valence-corrected chi connectivity index (χ4v) is 5.59. The highest BCUT2D eigenvalue weighted by Gasteiger charge is 2.42. The van der Waals surface area contributed by atoms with Crippen molar-refractivity contribution in [2.75, 3.05) is 12.0 Å². The van der Waals surface area contributed by atoms with Gasteiger partial charge in [0.15, 0.2) is 5.11 Å². The number of methoxy groups -OCH3 is 1. The number of thiocarbonyl (C=S) groups is 1. The second-order valence-corrected chi connectivity index (χ2v) is 9.93. The van der Waals surface area contributed by atoms with Crippen LogP contribution in [0.25, 0.3) is 5.69 Å². The first-order valence-electron chi connectivity index (χ1n) is 12.3. The van der Waals surface area contributed by atoms with Crippen molar-refractivity contribution in [2.24, 2.45) is 0 Å². The SMILES string of the molecule is COc1cc([N+](=O)[O-])ccc1-n1c(C)cc([C@@H]2[C@@H](c3ccccn3)NC(=S)N2c2ccc(C)c(C)c2)c1C. The molecule has 2 aromatic carbocycles. The van der Waals surface area contributed by atoms with E-state index in [4.69, 9.17) is 17.0 Å². The lowest BCUT2D eigenvalue weighted by Gasteiger charge is -2.28. The molecule has 2 aromatic heterocycles. The molecule has 1 fully saturated rings. The maximum Gasteiger partial charge on any atom is 0.273 e. The first-order valence-corrected chi connectivity index (χ1v) is 12.7. The Kier molecular flexibility index (Phi) is 6.62. The Labute approximate surface area is 227 Å². The van der Waals surface area contributed by atoms with Crippen LogP contribution in [-0.2, 0) is 0 Å². The number of hydrogen-bond donors (Lipinski definition) is 1. The van der Waals surface area contributed by atoms with E-state index in [0.717, 1.165) is 34.0 Å². The number of aromatic nitrogens is 2. The van der Waals surface area contributed by atoms with Gasteiger partial charge in [-0.1, -0.05) is 12.1 Å². The molecule has 0 saturated carbocycles. The number of aryl methyl sites for hydroxylation is 3. The number of rotatable bonds is 6. The molecule has 9 heteroatoms. The van der Waals surface area contributed by atoms with Crippen LogP contribution in [0.15, 0.2) is 66.9 Å². The molecule has 38 heavy (non-hydrogen) atoms. The highest BCUT2D eigenvalue weighted by atomic mass is 32.1. The summed E-state index contributed by atoms with van der Waals surface area (Å²) in [5, 5.41) is 15.5. The zero-order valence-electron chi connectivity index (χ0n) is 21.9. The maximum absolute atomic E-state index is 11.4. The summed E-state index contributed by atoms with van der Waals surface area (Å²) in [6.07, 6.45) is 1.79. The highest BCUT2D eigenvalue weighted by Crippen LogP contribution is 2.44. The Morgan fingerprint density at radius 1 is 1.03 bits per heavy atom. The van der Waals surface area contributed by atoms with Gasteiger partial charge in [-0.15, -0.1) is 0 Å². The third-order valence-electron chi connectivity index (χ3n) is 7.27. The fraction of sp³-hybridized carbons (Fsp3) is 0.241. The summed E-state index contributed by atoms with van der Waals surface area (Å²) in [5.41, 5.74) is 8.05. The molecule has 1 N–H and O–H groups in total. The predicted molar refractivity (Wildman–Crippen MR) is 152 cm³/mol. The Morgan fingerprint density at radius 3 is 2.47 bits per heavy atom. The second kappa shape index (κ2) is 9.90. The van der Waals surface area contributed by atoms with E-state index in [-0.39, 0.29) is 17.8 Å². The Bertz CT molecular complexity index is 1550. The van der Waals surface area contributed by atoms with E-state index in [2.05, 4.69) is 64.8 Å². The van der Waals surface area contributed by atoms with Gasteiger partial charge in [-0.2, -0.15) is 0 Å². The maximum atomic E-state index is 11.4. The Hall–Kier alpha value is -4.24. The van der Waals surface area contributed by atoms with Crippen LogP contribution in [0, 0.1) is 37.8 Å². The first-order chi connectivity index (χ1) is 18.2. The summed E-state index contributed by atoms with van der Waals surface area (Å²) >= 11 is 5.90.